The number of benzene rings is 1. The highest BCUT2D eigenvalue weighted by atomic mass is 79.9. The minimum absolute atomic E-state index is 0.0956. The van der Waals surface area contributed by atoms with Gasteiger partial charge in [-0.15, -0.1) is 0 Å². The molecule has 0 saturated carbocycles. The van der Waals surface area contributed by atoms with Gasteiger partial charge in [0.1, 0.15) is 5.82 Å². The minimum Gasteiger partial charge on any atom is -0.294 e. The fourth-order valence-corrected chi connectivity index (χ4v) is 2.19. The first-order valence-electron chi connectivity index (χ1n) is 5.76. The average Bonchev–Trinajstić information content (AvgIpc) is 2.38. The third kappa shape index (κ3) is 3.04. The zero-order valence-corrected chi connectivity index (χ0v) is 12.2. The van der Waals surface area contributed by atoms with Gasteiger partial charge in [0.05, 0.1) is 15.9 Å². The van der Waals surface area contributed by atoms with Crippen LogP contribution in [0.2, 0.25) is 0 Å². The molecule has 0 atom stereocenters. The zero-order chi connectivity index (χ0) is 14.0. The van der Waals surface area contributed by atoms with Gasteiger partial charge in [0.2, 0.25) is 0 Å². The van der Waals surface area contributed by atoms with Crippen LogP contribution in [0.5, 0.6) is 0 Å². The molecule has 3 nitrogen and oxygen atoms in total. The number of carbonyl (C=O) groups is 1. The van der Waals surface area contributed by atoms with E-state index >= 15 is 0 Å². The maximum atomic E-state index is 13.4. The molecule has 98 valence electrons. The van der Waals surface area contributed by atoms with Crippen LogP contribution in [-0.2, 0) is 6.42 Å². The zero-order valence-electron chi connectivity index (χ0n) is 10.6. The van der Waals surface area contributed by atoms with E-state index in [2.05, 4.69) is 26.1 Å². The van der Waals surface area contributed by atoms with Crippen molar-refractivity contribution in [2.75, 3.05) is 0 Å². The average molecular weight is 323 g/mol. The molecule has 1 aromatic heterocycles. The molecule has 0 amide bonds. The first-order valence-corrected chi connectivity index (χ1v) is 6.55. The lowest BCUT2D eigenvalue weighted by molar-refractivity contribution is 0.0991. The fourth-order valence-electron chi connectivity index (χ4n) is 1.79. The van der Waals surface area contributed by atoms with Gasteiger partial charge < -0.3 is 0 Å². The summed E-state index contributed by atoms with van der Waals surface area (Å²) in [6, 6.07) is 6.37. The Kier molecular flexibility index (Phi) is 4.04. The van der Waals surface area contributed by atoms with E-state index in [0.717, 1.165) is 0 Å². The number of ketones is 1. The Morgan fingerprint density at radius 2 is 2.05 bits per heavy atom. The Labute approximate surface area is 119 Å². The Balaban J connectivity index is 2.31. The van der Waals surface area contributed by atoms with E-state index in [0.29, 0.717) is 27.0 Å². The van der Waals surface area contributed by atoms with Gasteiger partial charge in [0.15, 0.2) is 5.78 Å². The van der Waals surface area contributed by atoms with Crippen LogP contribution in [0.15, 0.2) is 28.7 Å². The van der Waals surface area contributed by atoms with Gasteiger partial charge in [-0.05, 0) is 47.5 Å². The summed E-state index contributed by atoms with van der Waals surface area (Å²) in [5.41, 5.74) is 2.43. The monoisotopic (exact) mass is 322 g/mol. The molecule has 5 heteroatoms. The number of halogens is 2. The standard InChI is InChI=1S/C14H12BrFN2O/c1-8-6-11(9(2)18-17-8)13(19)7-10-4-3-5-12(16)14(10)15/h3-6H,7H2,1-2H3. The first-order chi connectivity index (χ1) is 8.99. The van der Waals surface area contributed by atoms with Crippen molar-refractivity contribution < 1.29 is 9.18 Å². The largest absolute Gasteiger partial charge is 0.294 e. The molecule has 19 heavy (non-hydrogen) atoms. The summed E-state index contributed by atoms with van der Waals surface area (Å²) in [6.07, 6.45) is 0.129. The number of Topliss-reactive ketones (excluding diaryl/α,β-unsaturated/α-hetero) is 1. The number of aromatic nitrogens is 2. The van der Waals surface area contributed by atoms with Crippen LogP contribution in [0.4, 0.5) is 4.39 Å². The molecule has 0 aliphatic heterocycles. The summed E-state index contributed by atoms with van der Waals surface area (Å²) in [5.74, 6) is -0.465. The summed E-state index contributed by atoms with van der Waals surface area (Å²) < 4.78 is 13.7. The van der Waals surface area contributed by atoms with E-state index in [1.807, 2.05) is 0 Å². The molecule has 0 unspecified atom stereocenters. The number of rotatable bonds is 3. The van der Waals surface area contributed by atoms with Crippen molar-refractivity contribution in [1.82, 2.24) is 10.2 Å². The lowest BCUT2D eigenvalue weighted by Crippen LogP contribution is -2.09. The third-order valence-corrected chi connectivity index (χ3v) is 3.67. The number of aryl methyl sites for hydroxylation is 2. The highest BCUT2D eigenvalue weighted by Gasteiger charge is 2.14. The highest BCUT2D eigenvalue weighted by molar-refractivity contribution is 9.10. The lowest BCUT2D eigenvalue weighted by atomic mass is 10.0. The summed E-state index contributed by atoms with van der Waals surface area (Å²) in [6.45, 7) is 3.52. The van der Waals surface area contributed by atoms with Gasteiger partial charge in [-0.1, -0.05) is 12.1 Å². The van der Waals surface area contributed by atoms with Crippen LogP contribution < -0.4 is 0 Å². The molecule has 0 radical (unpaired) electrons. The number of hydrogen-bond acceptors (Lipinski definition) is 3. The highest BCUT2D eigenvalue weighted by Crippen LogP contribution is 2.22. The predicted molar refractivity (Wildman–Crippen MR) is 73.6 cm³/mol. The van der Waals surface area contributed by atoms with E-state index < -0.39 is 0 Å². The molecule has 1 aromatic carbocycles. The number of carbonyl (C=O) groups excluding carboxylic acids is 1. The maximum absolute atomic E-state index is 13.4. The molecule has 0 spiro atoms. The molecule has 2 aromatic rings. The predicted octanol–water partition coefficient (Wildman–Crippen LogP) is 3.42. The molecule has 0 fully saturated rings. The van der Waals surface area contributed by atoms with E-state index in [4.69, 9.17) is 0 Å². The van der Waals surface area contributed by atoms with Crippen molar-refractivity contribution in [3.05, 3.63) is 57.1 Å². The second-order valence-corrected chi connectivity index (χ2v) is 5.09. The van der Waals surface area contributed by atoms with E-state index in [-0.39, 0.29) is 18.0 Å². The molecule has 0 aliphatic carbocycles. The van der Waals surface area contributed by atoms with Gasteiger partial charge in [-0.3, -0.25) is 4.79 Å². The Hall–Kier alpha value is -1.62. The summed E-state index contributed by atoms with van der Waals surface area (Å²) >= 11 is 3.16. The summed E-state index contributed by atoms with van der Waals surface area (Å²) in [4.78, 5) is 12.2. The fraction of sp³-hybridized carbons (Fsp3) is 0.214. The van der Waals surface area contributed by atoms with Gasteiger partial charge >= 0.3 is 0 Å². The number of nitrogens with zero attached hydrogens (tertiary/aromatic N) is 2. The molecule has 0 bridgehead atoms. The van der Waals surface area contributed by atoms with Crippen LogP contribution in [0.25, 0.3) is 0 Å². The summed E-state index contributed by atoms with van der Waals surface area (Å²) in [5, 5.41) is 7.81. The van der Waals surface area contributed by atoms with Crippen molar-refractivity contribution in [3.63, 3.8) is 0 Å². The molecule has 0 saturated heterocycles. The van der Waals surface area contributed by atoms with Crippen molar-refractivity contribution in [2.45, 2.75) is 20.3 Å². The molecule has 0 N–H and O–H groups in total. The smallest absolute Gasteiger partial charge is 0.169 e. The van der Waals surface area contributed by atoms with Crippen molar-refractivity contribution in [2.24, 2.45) is 0 Å². The van der Waals surface area contributed by atoms with Gasteiger partial charge in [-0.2, -0.15) is 10.2 Å². The Morgan fingerprint density at radius 3 is 2.79 bits per heavy atom. The minimum atomic E-state index is -0.369. The number of hydrogen-bond donors (Lipinski definition) is 0. The van der Waals surface area contributed by atoms with Crippen LogP contribution >= 0.6 is 15.9 Å². The van der Waals surface area contributed by atoms with Crippen LogP contribution in [-0.4, -0.2) is 16.0 Å². The van der Waals surface area contributed by atoms with Crippen LogP contribution in [0.1, 0.15) is 27.3 Å². The molecular formula is C14H12BrFN2O. The Bertz CT molecular complexity index is 643. The van der Waals surface area contributed by atoms with Gasteiger partial charge in [0, 0.05) is 12.0 Å². The van der Waals surface area contributed by atoms with E-state index in [9.17, 15) is 9.18 Å². The van der Waals surface area contributed by atoms with Crippen LogP contribution in [0.3, 0.4) is 0 Å². The Morgan fingerprint density at radius 1 is 1.32 bits per heavy atom. The van der Waals surface area contributed by atoms with E-state index in [1.165, 1.54) is 6.07 Å². The maximum Gasteiger partial charge on any atom is 0.169 e. The quantitative estimate of drug-likeness (QED) is 0.813. The SMILES string of the molecule is Cc1cc(C(=O)Cc2cccc(F)c2Br)c(C)nn1. The second kappa shape index (κ2) is 5.57. The molecule has 0 aliphatic rings. The van der Waals surface area contributed by atoms with Crippen molar-refractivity contribution in [1.29, 1.82) is 0 Å². The molecule has 1 heterocycles. The van der Waals surface area contributed by atoms with E-state index in [1.54, 1.807) is 32.0 Å². The lowest BCUT2D eigenvalue weighted by Gasteiger charge is -2.07. The topological polar surface area (TPSA) is 42.9 Å². The van der Waals surface area contributed by atoms with Gasteiger partial charge in [-0.25, -0.2) is 4.39 Å². The third-order valence-electron chi connectivity index (χ3n) is 2.78. The van der Waals surface area contributed by atoms with Crippen LogP contribution in [0, 0.1) is 19.7 Å². The molecule has 2 rings (SSSR count). The normalized spacial score (nSPS) is 10.5. The molecular weight excluding hydrogens is 311 g/mol. The summed E-state index contributed by atoms with van der Waals surface area (Å²) in [7, 11) is 0. The second-order valence-electron chi connectivity index (χ2n) is 4.30. The van der Waals surface area contributed by atoms with Crippen molar-refractivity contribution in [3.8, 4) is 0 Å². The van der Waals surface area contributed by atoms with Gasteiger partial charge in [0.25, 0.3) is 0 Å². The first kappa shape index (κ1) is 13.8. The van der Waals surface area contributed by atoms with Crippen molar-refractivity contribution >= 4 is 21.7 Å².